The summed E-state index contributed by atoms with van der Waals surface area (Å²) in [5.74, 6) is 2.60. The maximum atomic E-state index is 5.10. The number of methoxy groups -OCH3 is 1. The summed E-state index contributed by atoms with van der Waals surface area (Å²) in [5, 5.41) is 15.1. The Morgan fingerprint density at radius 2 is 1.92 bits per heavy atom. The minimum Gasteiger partial charge on any atom is -0.385 e. The third kappa shape index (κ3) is 6.99. The Kier molecular flexibility index (Phi) is 8.68. The van der Waals surface area contributed by atoms with Gasteiger partial charge in [-0.2, -0.15) is 0 Å². The van der Waals surface area contributed by atoms with Crippen LogP contribution in [0.2, 0.25) is 0 Å². The second kappa shape index (κ2) is 11.0. The predicted octanol–water partition coefficient (Wildman–Crippen LogP) is 0.681. The van der Waals surface area contributed by atoms with E-state index in [1.54, 1.807) is 7.11 Å². The maximum Gasteiger partial charge on any atom is 0.191 e. The van der Waals surface area contributed by atoms with Crippen LogP contribution in [0, 0.1) is 6.92 Å². The Balaban J connectivity index is 1.82. The van der Waals surface area contributed by atoms with Crippen molar-refractivity contribution in [1.82, 2.24) is 30.3 Å². The van der Waals surface area contributed by atoms with Gasteiger partial charge in [0.2, 0.25) is 0 Å². The fourth-order valence-corrected chi connectivity index (χ4v) is 2.85. The van der Waals surface area contributed by atoms with Crippen LogP contribution in [0.1, 0.15) is 37.3 Å². The van der Waals surface area contributed by atoms with E-state index in [0.29, 0.717) is 6.54 Å². The van der Waals surface area contributed by atoms with Crippen molar-refractivity contribution in [1.29, 1.82) is 0 Å². The van der Waals surface area contributed by atoms with Crippen molar-refractivity contribution in [3.8, 4) is 0 Å². The molecule has 2 rings (SSSR count). The number of ether oxygens (including phenoxy) is 1. The Labute approximate surface area is 151 Å². The van der Waals surface area contributed by atoms with Crippen LogP contribution >= 0.6 is 0 Å². The molecule has 0 atom stereocenters. The first-order valence-electron chi connectivity index (χ1n) is 9.29. The van der Waals surface area contributed by atoms with E-state index in [9.17, 15) is 0 Å². The molecule has 0 saturated carbocycles. The number of hydrogen-bond acceptors (Lipinski definition) is 5. The van der Waals surface area contributed by atoms with Crippen LogP contribution in [0.15, 0.2) is 4.99 Å². The SMILES string of the molecule is COCCCNC(=NCc1nnc(C)n1C)NCCN1CCCCC1. The average Bonchev–Trinajstić information content (AvgIpc) is 2.95. The molecule has 1 aromatic rings. The number of aryl methyl sites for hydroxylation is 1. The molecule has 2 N–H and O–H groups in total. The quantitative estimate of drug-likeness (QED) is 0.387. The zero-order valence-electron chi connectivity index (χ0n) is 15.9. The lowest BCUT2D eigenvalue weighted by Crippen LogP contribution is -2.43. The molecule has 0 amide bonds. The van der Waals surface area contributed by atoms with Crippen molar-refractivity contribution in [2.24, 2.45) is 12.0 Å². The molecule has 0 unspecified atom stereocenters. The van der Waals surface area contributed by atoms with E-state index in [4.69, 9.17) is 4.74 Å². The monoisotopic (exact) mass is 351 g/mol. The Bertz CT molecular complexity index is 523. The molecule has 0 aliphatic carbocycles. The predicted molar refractivity (Wildman–Crippen MR) is 99.7 cm³/mol. The maximum absolute atomic E-state index is 5.10. The highest BCUT2D eigenvalue weighted by Gasteiger charge is 2.10. The topological polar surface area (TPSA) is 79.6 Å². The molecule has 8 heteroatoms. The summed E-state index contributed by atoms with van der Waals surface area (Å²) in [6, 6.07) is 0. The molecule has 25 heavy (non-hydrogen) atoms. The standard InChI is InChI=1S/C17H33N7O/c1-15-21-22-16(23(15)2)14-20-17(18-8-7-13-25-3)19-9-12-24-10-5-4-6-11-24/h4-14H2,1-3H3,(H2,18,19,20). The van der Waals surface area contributed by atoms with Gasteiger partial charge in [0.25, 0.3) is 0 Å². The van der Waals surface area contributed by atoms with Crippen LogP contribution in [-0.2, 0) is 18.3 Å². The summed E-state index contributed by atoms with van der Waals surface area (Å²) < 4.78 is 7.08. The van der Waals surface area contributed by atoms with Crippen LogP contribution in [0.3, 0.4) is 0 Å². The van der Waals surface area contributed by atoms with Crippen molar-refractivity contribution in [3.63, 3.8) is 0 Å². The molecule has 1 fully saturated rings. The third-order valence-electron chi connectivity index (χ3n) is 4.55. The van der Waals surface area contributed by atoms with Crippen LogP contribution in [-0.4, -0.2) is 72.1 Å². The molecule has 2 heterocycles. The molecule has 0 aromatic carbocycles. The van der Waals surface area contributed by atoms with Gasteiger partial charge in [-0.3, -0.25) is 0 Å². The largest absolute Gasteiger partial charge is 0.385 e. The lowest BCUT2D eigenvalue weighted by atomic mass is 10.1. The van der Waals surface area contributed by atoms with Crippen molar-refractivity contribution in [2.45, 2.75) is 39.2 Å². The number of piperidine rings is 1. The van der Waals surface area contributed by atoms with Crippen molar-refractivity contribution >= 4 is 5.96 Å². The first-order chi connectivity index (χ1) is 12.2. The summed E-state index contributed by atoms with van der Waals surface area (Å²) in [6.45, 7) is 8.43. The number of aliphatic imine (C=N–C) groups is 1. The highest BCUT2D eigenvalue weighted by molar-refractivity contribution is 5.79. The van der Waals surface area contributed by atoms with E-state index in [-0.39, 0.29) is 0 Å². The number of hydrogen-bond donors (Lipinski definition) is 2. The average molecular weight is 351 g/mol. The lowest BCUT2D eigenvalue weighted by Gasteiger charge is -2.26. The van der Waals surface area contributed by atoms with Gasteiger partial charge in [-0.25, -0.2) is 4.99 Å². The van der Waals surface area contributed by atoms with Crippen LogP contribution in [0.25, 0.3) is 0 Å². The molecule has 1 aromatic heterocycles. The van der Waals surface area contributed by atoms with E-state index < -0.39 is 0 Å². The first kappa shape index (κ1) is 19.7. The number of guanidine groups is 1. The summed E-state index contributed by atoms with van der Waals surface area (Å²) >= 11 is 0. The molecule has 1 aliphatic heterocycles. The van der Waals surface area contributed by atoms with E-state index in [1.807, 2.05) is 18.5 Å². The van der Waals surface area contributed by atoms with Gasteiger partial charge in [0.1, 0.15) is 12.4 Å². The number of nitrogens with one attached hydrogen (secondary N) is 2. The van der Waals surface area contributed by atoms with Crippen LogP contribution in [0.4, 0.5) is 0 Å². The Hall–Kier alpha value is -1.67. The molecule has 142 valence electrons. The number of aromatic nitrogens is 3. The van der Waals surface area contributed by atoms with E-state index >= 15 is 0 Å². The fraction of sp³-hybridized carbons (Fsp3) is 0.824. The molecule has 0 bridgehead atoms. The minimum atomic E-state index is 0.515. The van der Waals surface area contributed by atoms with Crippen molar-refractivity contribution < 1.29 is 4.74 Å². The summed E-state index contributed by atoms with van der Waals surface area (Å²) in [5.41, 5.74) is 0. The lowest BCUT2D eigenvalue weighted by molar-refractivity contribution is 0.195. The van der Waals surface area contributed by atoms with Gasteiger partial charge in [0, 0.05) is 40.4 Å². The molecule has 1 aliphatic rings. The summed E-state index contributed by atoms with van der Waals surface area (Å²) in [4.78, 5) is 7.18. The summed E-state index contributed by atoms with van der Waals surface area (Å²) in [7, 11) is 3.69. The van der Waals surface area contributed by atoms with Gasteiger partial charge in [0.15, 0.2) is 11.8 Å². The molecule has 8 nitrogen and oxygen atoms in total. The van der Waals surface area contributed by atoms with Crippen LogP contribution < -0.4 is 10.6 Å². The zero-order chi connectivity index (χ0) is 17.9. The third-order valence-corrected chi connectivity index (χ3v) is 4.55. The highest BCUT2D eigenvalue weighted by atomic mass is 16.5. The van der Waals surface area contributed by atoms with E-state index in [2.05, 4.69) is 30.7 Å². The van der Waals surface area contributed by atoms with E-state index in [0.717, 1.165) is 50.3 Å². The highest BCUT2D eigenvalue weighted by Crippen LogP contribution is 2.07. The minimum absolute atomic E-state index is 0.515. The smallest absolute Gasteiger partial charge is 0.191 e. The Morgan fingerprint density at radius 3 is 2.60 bits per heavy atom. The zero-order valence-corrected chi connectivity index (χ0v) is 15.9. The number of rotatable bonds is 9. The van der Waals surface area contributed by atoms with Crippen molar-refractivity contribution in [2.75, 3.05) is 46.4 Å². The van der Waals surface area contributed by atoms with Crippen LogP contribution in [0.5, 0.6) is 0 Å². The van der Waals surface area contributed by atoms with Gasteiger partial charge in [-0.1, -0.05) is 6.42 Å². The summed E-state index contributed by atoms with van der Waals surface area (Å²) in [6.07, 6.45) is 4.96. The Morgan fingerprint density at radius 1 is 1.16 bits per heavy atom. The number of likely N-dealkylation sites (tertiary alicyclic amines) is 1. The van der Waals surface area contributed by atoms with Gasteiger partial charge in [-0.05, 0) is 39.3 Å². The normalized spacial score (nSPS) is 16.2. The van der Waals surface area contributed by atoms with Gasteiger partial charge in [-0.15, -0.1) is 10.2 Å². The molecular formula is C17H33N7O. The first-order valence-corrected chi connectivity index (χ1v) is 9.29. The molecule has 1 saturated heterocycles. The second-order valence-electron chi connectivity index (χ2n) is 6.49. The second-order valence-corrected chi connectivity index (χ2v) is 6.49. The van der Waals surface area contributed by atoms with E-state index in [1.165, 1.54) is 32.4 Å². The van der Waals surface area contributed by atoms with Crippen molar-refractivity contribution in [3.05, 3.63) is 11.6 Å². The van der Waals surface area contributed by atoms with Gasteiger partial charge in [0.05, 0.1) is 0 Å². The molecule has 0 spiro atoms. The molecule has 0 radical (unpaired) electrons. The number of nitrogens with zero attached hydrogens (tertiary/aromatic N) is 5. The van der Waals surface area contributed by atoms with Gasteiger partial charge < -0.3 is 24.8 Å². The van der Waals surface area contributed by atoms with Gasteiger partial charge >= 0.3 is 0 Å². The molecular weight excluding hydrogens is 318 g/mol. The fourth-order valence-electron chi connectivity index (χ4n) is 2.85.